The number of hydrogen-bond acceptors (Lipinski definition) is 4. The lowest BCUT2D eigenvalue weighted by Gasteiger charge is -2.31. The molecule has 0 amide bonds. The Balaban J connectivity index is 1.82. The van der Waals surface area contributed by atoms with E-state index in [4.69, 9.17) is 4.99 Å². The van der Waals surface area contributed by atoms with E-state index in [9.17, 15) is 0 Å². The molecule has 1 atom stereocenters. The van der Waals surface area contributed by atoms with Gasteiger partial charge in [-0.3, -0.25) is 4.99 Å². The van der Waals surface area contributed by atoms with Crippen LogP contribution in [0.5, 0.6) is 0 Å². The van der Waals surface area contributed by atoms with Gasteiger partial charge in [0.05, 0.1) is 6.04 Å². The summed E-state index contributed by atoms with van der Waals surface area (Å²) < 4.78 is 0. The van der Waals surface area contributed by atoms with Crippen molar-refractivity contribution in [2.24, 2.45) is 10.9 Å². The van der Waals surface area contributed by atoms with E-state index >= 15 is 0 Å². The SMILES string of the molecule is CSC1CCC(NC2=NC(C(C)C)CCS2)CC1. The summed E-state index contributed by atoms with van der Waals surface area (Å²) in [5.74, 6) is 1.91. The van der Waals surface area contributed by atoms with E-state index in [0.717, 1.165) is 5.25 Å². The average Bonchev–Trinajstić information content (AvgIpc) is 2.40. The van der Waals surface area contributed by atoms with Crippen LogP contribution < -0.4 is 5.32 Å². The van der Waals surface area contributed by atoms with Crippen LogP contribution in [0.3, 0.4) is 0 Å². The van der Waals surface area contributed by atoms with E-state index in [1.54, 1.807) is 0 Å². The van der Waals surface area contributed by atoms with Gasteiger partial charge < -0.3 is 5.32 Å². The lowest BCUT2D eigenvalue weighted by Crippen LogP contribution is -2.39. The fourth-order valence-electron chi connectivity index (χ4n) is 2.71. The molecule has 18 heavy (non-hydrogen) atoms. The Morgan fingerprint density at radius 2 is 1.94 bits per heavy atom. The zero-order chi connectivity index (χ0) is 13.0. The van der Waals surface area contributed by atoms with Crippen LogP contribution in [0.2, 0.25) is 0 Å². The molecule has 1 N–H and O–H groups in total. The van der Waals surface area contributed by atoms with Crippen LogP contribution in [-0.4, -0.2) is 34.5 Å². The van der Waals surface area contributed by atoms with Gasteiger partial charge in [-0.1, -0.05) is 25.6 Å². The highest BCUT2D eigenvalue weighted by Gasteiger charge is 2.24. The summed E-state index contributed by atoms with van der Waals surface area (Å²) in [6.07, 6.45) is 8.85. The van der Waals surface area contributed by atoms with Gasteiger partial charge in [0, 0.05) is 17.0 Å². The molecule has 1 aliphatic heterocycles. The minimum absolute atomic E-state index is 0.538. The fourth-order valence-corrected chi connectivity index (χ4v) is 4.46. The highest BCUT2D eigenvalue weighted by Crippen LogP contribution is 2.28. The minimum Gasteiger partial charge on any atom is -0.362 e. The topological polar surface area (TPSA) is 24.4 Å². The molecule has 2 nitrogen and oxygen atoms in total. The van der Waals surface area contributed by atoms with Crippen molar-refractivity contribution in [3.63, 3.8) is 0 Å². The number of thioether (sulfide) groups is 2. The molecule has 0 saturated heterocycles. The molecule has 0 spiro atoms. The molecule has 1 heterocycles. The predicted molar refractivity (Wildman–Crippen MR) is 85.8 cm³/mol. The van der Waals surface area contributed by atoms with Gasteiger partial charge in [0.2, 0.25) is 0 Å². The van der Waals surface area contributed by atoms with Gasteiger partial charge in [0.15, 0.2) is 5.17 Å². The lowest BCUT2D eigenvalue weighted by molar-refractivity contribution is 0.419. The maximum atomic E-state index is 4.88. The summed E-state index contributed by atoms with van der Waals surface area (Å²) in [6.45, 7) is 4.57. The van der Waals surface area contributed by atoms with Crippen molar-refractivity contribution in [1.29, 1.82) is 0 Å². The van der Waals surface area contributed by atoms with Crippen LogP contribution in [0.25, 0.3) is 0 Å². The molecule has 0 aromatic rings. The fraction of sp³-hybridized carbons (Fsp3) is 0.929. The molecule has 104 valence electrons. The Morgan fingerprint density at radius 1 is 1.22 bits per heavy atom. The molecule has 0 radical (unpaired) electrons. The highest BCUT2D eigenvalue weighted by molar-refractivity contribution is 8.13. The molecule has 2 rings (SSSR count). The second-order valence-corrected chi connectivity index (χ2v) is 7.96. The first-order valence-corrected chi connectivity index (χ1v) is 9.46. The van der Waals surface area contributed by atoms with E-state index in [1.807, 2.05) is 23.5 Å². The Morgan fingerprint density at radius 3 is 2.56 bits per heavy atom. The molecule has 1 saturated carbocycles. The van der Waals surface area contributed by atoms with Gasteiger partial charge >= 0.3 is 0 Å². The van der Waals surface area contributed by atoms with Crippen molar-refractivity contribution in [3.8, 4) is 0 Å². The summed E-state index contributed by atoms with van der Waals surface area (Å²) in [4.78, 5) is 4.88. The monoisotopic (exact) mass is 286 g/mol. The summed E-state index contributed by atoms with van der Waals surface area (Å²) in [5.41, 5.74) is 0. The first-order valence-electron chi connectivity index (χ1n) is 7.19. The van der Waals surface area contributed by atoms with Crippen LogP contribution in [0.1, 0.15) is 46.0 Å². The van der Waals surface area contributed by atoms with Crippen molar-refractivity contribution in [1.82, 2.24) is 5.32 Å². The van der Waals surface area contributed by atoms with Crippen LogP contribution in [0, 0.1) is 5.92 Å². The zero-order valence-electron chi connectivity index (χ0n) is 11.8. The van der Waals surface area contributed by atoms with Gasteiger partial charge in [-0.2, -0.15) is 11.8 Å². The molecule has 1 aliphatic carbocycles. The number of nitrogens with one attached hydrogen (secondary N) is 1. The van der Waals surface area contributed by atoms with Gasteiger partial charge in [-0.25, -0.2) is 0 Å². The molecule has 4 heteroatoms. The number of aliphatic imine (C=N–C) groups is 1. The normalized spacial score (nSPS) is 33.3. The predicted octanol–water partition coefficient (Wildman–Crippen LogP) is 3.77. The third-order valence-corrected chi connectivity index (χ3v) is 6.11. The molecule has 2 aliphatic rings. The van der Waals surface area contributed by atoms with Gasteiger partial charge in [-0.15, -0.1) is 0 Å². The standard InChI is InChI=1S/C14H26N2S2/c1-10(2)13-8-9-18-14(16-13)15-11-4-6-12(17-3)7-5-11/h10-13H,4-9H2,1-3H3,(H,15,16). The van der Waals surface area contributed by atoms with Gasteiger partial charge in [0.1, 0.15) is 0 Å². The second kappa shape index (κ2) is 7.09. The Hall–Kier alpha value is 0.170. The number of rotatable bonds is 3. The molecule has 1 unspecified atom stereocenters. The molecule has 0 aromatic heterocycles. The first-order chi connectivity index (χ1) is 8.69. The third kappa shape index (κ3) is 4.09. The number of hydrogen-bond donors (Lipinski definition) is 1. The van der Waals surface area contributed by atoms with Crippen molar-refractivity contribution in [2.75, 3.05) is 12.0 Å². The number of nitrogens with zero attached hydrogens (tertiary/aromatic N) is 1. The minimum atomic E-state index is 0.538. The maximum absolute atomic E-state index is 4.88. The second-order valence-electron chi connectivity index (χ2n) is 5.74. The summed E-state index contributed by atoms with van der Waals surface area (Å²) in [5, 5.41) is 5.80. The van der Waals surface area contributed by atoms with E-state index < -0.39 is 0 Å². The first kappa shape index (κ1) is 14.6. The third-order valence-electron chi connectivity index (χ3n) is 4.04. The Labute approximate surface area is 120 Å². The average molecular weight is 287 g/mol. The molecular formula is C14H26N2S2. The van der Waals surface area contributed by atoms with Crippen molar-refractivity contribution < 1.29 is 0 Å². The van der Waals surface area contributed by atoms with E-state index in [-0.39, 0.29) is 0 Å². The zero-order valence-corrected chi connectivity index (χ0v) is 13.4. The van der Waals surface area contributed by atoms with Crippen molar-refractivity contribution in [2.45, 2.75) is 63.3 Å². The molecule has 0 bridgehead atoms. The summed E-state index contributed by atoms with van der Waals surface area (Å²) >= 11 is 3.95. The van der Waals surface area contributed by atoms with Crippen molar-refractivity contribution >= 4 is 28.7 Å². The van der Waals surface area contributed by atoms with Crippen LogP contribution in [0.15, 0.2) is 4.99 Å². The smallest absolute Gasteiger partial charge is 0.157 e. The Bertz CT molecular complexity index is 284. The van der Waals surface area contributed by atoms with E-state index in [2.05, 4.69) is 25.4 Å². The molecule has 0 aromatic carbocycles. The van der Waals surface area contributed by atoms with Gasteiger partial charge in [0.25, 0.3) is 0 Å². The van der Waals surface area contributed by atoms with Crippen LogP contribution in [-0.2, 0) is 0 Å². The lowest BCUT2D eigenvalue weighted by atomic mass is 9.95. The maximum Gasteiger partial charge on any atom is 0.157 e. The highest BCUT2D eigenvalue weighted by atomic mass is 32.2. The van der Waals surface area contributed by atoms with Gasteiger partial charge in [-0.05, 0) is 44.3 Å². The molecule has 1 fully saturated rings. The van der Waals surface area contributed by atoms with Crippen molar-refractivity contribution in [3.05, 3.63) is 0 Å². The molecular weight excluding hydrogens is 260 g/mol. The largest absolute Gasteiger partial charge is 0.362 e. The quantitative estimate of drug-likeness (QED) is 0.854. The van der Waals surface area contributed by atoms with E-state index in [1.165, 1.54) is 43.0 Å². The number of amidine groups is 1. The van der Waals surface area contributed by atoms with E-state index in [0.29, 0.717) is 18.0 Å². The van der Waals surface area contributed by atoms with Crippen LogP contribution in [0.4, 0.5) is 0 Å². The summed E-state index contributed by atoms with van der Waals surface area (Å²) in [7, 11) is 0. The Kier molecular flexibility index (Phi) is 5.74. The summed E-state index contributed by atoms with van der Waals surface area (Å²) in [6, 6.07) is 1.21. The van der Waals surface area contributed by atoms with Crippen LogP contribution >= 0.6 is 23.5 Å².